The lowest BCUT2D eigenvalue weighted by atomic mass is 9.79. The largest absolute Gasteiger partial charge is 0.478 e. The molecule has 4 aromatic rings. The van der Waals surface area contributed by atoms with E-state index in [1.54, 1.807) is 29.0 Å². The lowest BCUT2D eigenvalue weighted by molar-refractivity contribution is -0.136. The number of piperidine rings is 2. The van der Waals surface area contributed by atoms with Crippen LogP contribution in [0.15, 0.2) is 53.5 Å². The van der Waals surface area contributed by atoms with Crippen LogP contribution in [-0.4, -0.2) is 119 Å². The monoisotopic (exact) mass is 864 g/mol. The van der Waals surface area contributed by atoms with Crippen LogP contribution in [-0.2, 0) is 14.4 Å². The van der Waals surface area contributed by atoms with E-state index in [-0.39, 0.29) is 48.1 Å². The number of anilines is 4. The number of pyridine rings is 1. The summed E-state index contributed by atoms with van der Waals surface area (Å²) < 4.78 is 7.26. The Hall–Kier alpha value is -6.07. The maximum Gasteiger partial charge on any atom is 0.293 e. The van der Waals surface area contributed by atoms with Gasteiger partial charge < -0.3 is 34.6 Å². The number of aromatic nitrogens is 3. The van der Waals surface area contributed by atoms with E-state index in [0.717, 1.165) is 86.6 Å². The van der Waals surface area contributed by atoms with Crippen molar-refractivity contribution in [2.75, 3.05) is 74.6 Å². The second-order valence-electron chi connectivity index (χ2n) is 17.4. The molecule has 0 radical (unpaired) electrons. The maximum atomic E-state index is 13.7. The molecule has 62 heavy (non-hydrogen) atoms. The summed E-state index contributed by atoms with van der Waals surface area (Å²) in [6, 6.07) is 11.5. The second kappa shape index (κ2) is 16.3. The molecule has 324 valence electrons. The second-order valence-corrected chi connectivity index (χ2v) is 17.8. The number of imide groups is 2. The van der Waals surface area contributed by atoms with Gasteiger partial charge in [-0.25, -0.2) is 4.98 Å². The molecule has 3 N–H and O–H groups in total. The van der Waals surface area contributed by atoms with Gasteiger partial charge in [0.15, 0.2) is 18.2 Å². The van der Waals surface area contributed by atoms with Gasteiger partial charge >= 0.3 is 0 Å². The van der Waals surface area contributed by atoms with E-state index in [0.29, 0.717) is 39.5 Å². The molecular weight excluding hydrogens is 816 g/mol. The predicted octanol–water partition coefficient (Wildman–Crippen LogP) is 3.72. The average molecular weight is 865 g/mol. The van der Waals surface area contributed by atoms with Crippen molar-refractivity contribution in [2.24, 2.45) is 11.3 Å². The lowest BCUT2D eigenvalue weighted by Gasteiger charge is -2.48. The van der Waals surface area contributed by atoms with Crippen molar-refractivity contribution >= 4 is 75.2 Å². The summed E-state index contributed by atoms with van der Waals surface area (Å²) in [5.74, 6) is -0.661. The number of carbonyl (C=O) groups is 5. The fourth-order valence-electron chi connectivity index (χ4n) is 9.79. The van der Waals surface area contributed by atoms with Crippen LogP contribution in [0, 0.1) is 11.3 Å². The highest BCUT2D eigenvalue weighted by atomic mass is 35.5. The van der Waals surface area contributed by atoms with Crippen LogP contribution in [0.5, 0.6) is 5.75 Å². The molecule has 7 heterocycles. The van der Waals surface area contributed by atoms with Crippen LogP contribution in [0.2, 0.25) is 5.02 Å². The number of carbonyl (C=O) groups excluding carboxylic acids is 5. The molecule has 0 bridgehead atoms. The van der Waals surface area contributed by atoms with Crippen molar-refractivity contribution < 1.29 is 28.7 Å². The number of amides is 5. The first-order valence-corrected chi connectivity index (χ1v) is 21.6. The molecule has 1 spiro atoms. The summed E-state index contributed by atoms with van der Waals surface area (Å²) in [6.45, 7) is 9.77. The maximum absolute atomic E-state index is 13.7. The summed E-state index contributed by atoms with van der Waals surface area (Å²) in [5.41, 5.74) is 2.66. The standard InChI is InChI=1S/C44H49ClN10O7/c1-25(2)54-31-8-7-28(17-27(31)18-34(41(54)60)62-21-36(57)46-3)48-38-30(45)19-47-43(50-38)53-23-44(24-53)13-16-51(22-44)20-26-11-14-52(15-12-26)32-6-4-5-29-37(32)42(61)55(40(29)59)33-9-10-35(56)49-39(33)58/h4-8,17-19,25-26,33H,9-16,20-24H2,1-3H3,(H,46,57)(H,47,48,50)(H,49,56,58). The molecule has 17 nitrogen and oxygen atoms in total. The molecule has 4 saturated heterocycles. The minimum absolute atomic E-state index is 0.0826. The molecule has 2 aromatic heterocycles. The smallest absolute Gasteiger partial charge is 0.293 e. The Morgan fingerprint density at radius 2 is 1.77 bits per heavy atom. The van der Waals surface area contributed by atoms with Crippen molar-refractivity contribution in [2.45, 2.75) is 58.0 Å². The first-order chi connectivity index (χ1) is 29.8. The van der Waals surface area contributed by atoms with Crippen LogP contribution in [0.3, 0.4) is 0 Å². The van der Waals surface area contributed by atoms with Crippen LogP contribution in [0.25, 0.3) is 10.9 Å². The average Bonchev–Trinajstić information content (AvgIpc) is 3.78. The molecule has 4 fully saturated rings. The SMILES string of the molecule is CNC(=O)COc1cc2cc(Nc3nc(N4CC5(CCN(CC6CCN(c7cccc8c7C(=O)N(C7CCC(=O)NC7=O)C8=O)CC6)C5)C4)ncc3Cl)ccc2n(C(C)C)c1=O. The summed E-state index contributed by atoms with van der Waals surface area (Å²) in [4.78, 5) is 93.9. The highest BCUT2D eigenvalue weighted by Gasteiger charge is 2.49. The minimum Gasteiger partial charge on any atom is -0.478 e. The number of nitrogens with zero attached hydrogens (tertiary/aromatic N) is 7. The summed E-state index contributed by atoms with van der Waals surface area (Å²) >= 11 is 6.61. The topological polar surface area (TPSA) is 191 Å². The van der Waals surface area contributed by atoms with Gasteiger partial charge in [-0.05, 0) is 88.4 Å². The molecule has 1 atom stereocenters. The van der Waals surface area contributed by atoms with Crippen LogP contribution in [0.1, 0.15) is 72.7 Å². The Balaban J connectivity index is 0.800. The molecule has 18 heteroatoms. The van der Waals surface area contributed by atoms with Gasteiger partial charge in [0.05, 0.1) is 28.5 Å². The van der Waals surface area contributed by atoms with Crippen molar-refractivity contribution in [3.8, 4) is 5.75 Å². The minimum atomic E-state index is -0.991. The zero-order chi connectivity index (χ0) is 43.4. The van der Waals surface area contributed by atoms with Crippen LogP contribution >= 0.6 is 11.6 Å². The van der Waals surface area contributed by atoms with Gasteiger partial charge in [0.25, 0.3) is 23.3 Å². The molecule has 5 amide bonds. The highest BCUT2D eigenvalue weighted by molar-refractivity contribution is 6.33. The zero-order valence-electron chi connectivity index (χ0n) is 34.9. The van der Waals surface area contributed by atoms with Crippen molar-refractivity contribution in [3.63, 3.8) is 0 Å². The number of ether oxygens (including phenoxy) is 1. The molecule has 0 saturated carbocycles. The molecule has 1 unspecified atom stereocenters. The van der Waals surface area contributed by atoms with Gasteiger partial charge in [0.1, 0.15) is 11.1 Å². The molecule has 0 aliphatic carbocycles. The quantitative estimate of drug-likeness (QED) is 0.185. The third kappa shape index (κ3) is 7.61. The Bertz CT molecular complexity index is 2570. The number of rotatable bonds is 11. The number of likely N-dealkylation sites (tertiary alicyclic amines) is 1. The normalized spacial score (nSPS) is 20.3. The fourth-order valence-corrected chi connectivity index (χ4v) is 9.93. The Morgan fingerprint density at radius 3 is 2.52 bits per heavy atom. The summed E-state index contributed by atoms with van der Waals surface area (Å²) in [7, 11) is 1.51. The molecular formula is C44H49ClN10O7. The van der Waals surface area contributed by atoms with E-state index < -0.39 is 29.7 Å². The Labute approximate surface area is 362 Å². The number of hydrogen-bond acceptors (Lipinski definition) is 13. The number of hydrogen-bond donors (Lipinski definition) is 3. The molecule has 2 aromatic carbocycles. The third-order valence-electron chi connectivity index (χ3n) is 12.9. The highest BCUT2D eigenvalue weighted by Crippen LogP contribution is 2.43. The number of likely N-dealkylation sites (N-methyl/N-ethyl adjacent to an activating group) is 1. The van der Waals surface area contributed by atoms with Crippen LogP contribution in [0.4, 0.5) is 23.1 Å². The fraction of sp³-hybridized carbons (Fsp3) is 0.455. The molecule has 5 aliphatic rings. The predicted molar refractivity (Wildman–Crippen MR) is 232 cm³/mol. The van der Waals surface area contributed by atoms with Crippen molar-refractivity contribution in [3.05, 3.63) is 75.2 Å². The lowest BCUT2D eigenvalue weighted by Crippen LogP contribution is -2.58. The van der Waals surface area contributed by atoms with E-state index in [9.17, 15) is 28.8 Å². The Morgan fingerprint density at radius 1 is 0.984 bits per heavy atom. The zero-order valence-corrected chi connectivity index (χ0v) is 35.7. The molecule has 9 rings (SSSR count). The first-order valence-electron chi connectivity index (χ1n) is 21.2. The first kappa shape index (κ1) is 41.3. The van der Waals surface area contributed by atoms with E-state index >= 15 is 0 Å². The van der Waals surface area contributed by atoms with Gasteiger partial charge in [-0.2, -0.15) is 4.98 Å². The van der Waals surface area contributed by atoms with E-state index in [4.69, 9.17) is 21.3 Å². The third-order valence-corrected chi connectivity index (χ3v) is 13.2. The van der Waals surface area contributed by atoms with Crippen molar-refractivity contribution in [1.29, 1.82) is 0 Å². The molecule has 5 aliphatic heterocycles. The van der Waals surface area contributed by atoms with Gasteiger partial charge in [-0.3, -0.25) is 39.0 Å². The summed E-state index contributed by atoms with van der Waals surface area (Å²) in [6.07, 6.45) is 4.81. The Kier molecular flexibility index (Phi) is 10.9. The number of fused-ring (bicyclic) bond motifs is 2. The van der Waals surface area contributed by atoms with Gasteiger partial charge in [-0.1, -0.05) is 17.7 Å². The van der Waals surface area contributed by atoms with Crippen molar-refractivity contribution in [1.82, 2.24) is 35.0 Å². The van der Waals surface area contributed by atoms with Gasteiger partial charge in [0, 0.05) is 75.3 Å². The van der Waals surface area contributed by atoms with Gasteiger partial charge in [-0.15, -0.1) is 0 Å². The number of nitrogens with one attached hydrogen (secondary N) is 3. The van der Waals surface area contributed by atoms with E-state index in [2.05, 4.69) is 35.6 Å². The van der Waals surface area contributed by atoms with Gasteiger partial charge in [0.2, 0.25) is 17.8 Å². The number of halogens is 1. The van der Waals surface area contributed by atoms with Crippen LogP contribution < -0.4 is 36.0 Å². The summed E-state index contributed by atoms with van der Waals surface area (Å²) in [5, 5.41) is 9.22. The van der Waals surface area contributed by atoms with E-state index in [1.165, 1.54) is 7.05 Å². The number of benzene rings is 2. The van der Waals surface area contributed by atoms with E-state index in [1.807, 2.05) is 38.1 Å².